The number of nitrogens with zero attached hydrogens (tertiary/aromatic N) is 3. The van der Waals surface area contributed by atoms with Crippen molar-refractivity contribution in [2.75, 3.05) is 46.4 Å². The fourth-order valence-electron chi connectivity index (χ4n) is 2.48. The second-order valence-corrected chi connectivity index (χ2v) is 5.61. The molecule has 0 aromatic carbocycles. The van der Waals surface area contributed by atoms with E-state index in [2.05, 4.69) is 4.98 Å². The fourth-order valence-corrected chi connectivity index (χ4v) is 2.48. The fraction of sp³-hybridized carbons (Fsp3) is 0.571. The summed E-state index contributed by atoms with van der Waals surface area (Å²) >= 11 is 0. The molecule has 0 spiro atoms. The Labute approximate surface area is 137 Å². The SMILES string of the molecule is CN(CC(O)CN1CCOCC1)C(=O)c1cc([N+](=O)[O-])c[nH]c1=O. The van der Waals surface area contributed by atoms with Gasteiger partial charge in [0, 0.05) is 39.3 Å². The molecule has 1 aliphatic rings. The smallest absolute Gasteiger partial charge is 0.286 e. The van der Waals surface area contributed by atoms with Crippen LogP contribution in [0.25, 0.3) is 0 Å². The van der Waals surface area contributed by atoms with Gasteiger partial charge in [-0.15, -0.1) is 0 Å². The van der Waals surface area contributed by atoms with Crippen LogP contribution in [0, 0.1) is 10.1 Å². The van der Waals surface area contributed by atoms with E-state index in [0.29, 0.717) is 32.8 Å². The van der Waals surface area contributed by atoms with Crippen molar-refractivity contribution in [1.29, 1.82) is 0 Å². The van der Waals surface area contributed by atoms with Crippen LogP contribution in [0.1, 0.15) is 10.4 Å². The number of aliphatic hydroxyl groups is 1. The van der Waals surface area contributed by atoms with Crippen molar-refractivity contribution in [3.05, 3.63) is 38.3 Å². The number of amides is 1. The summed E-state index contributed by atoms with van der Waals surface area (Å²) in [6.45, 7) is 3.01. The third-order valence-corrected chi connectivity index (χ3v) is 3.73. The van der Waals surface area contributed by atoms with Crippen LogP contribution < -0.4 is 5.56 Å². The van der Waals surface area contributed by atoms with Crippen LogP contribution in [0.3, 0.4) is 0 Å². The molecule has 2 rings (SSSR count). The largest absolute Gasteiger partial charge is 0.390 e. The molecular formula is C14H20N4O6. The predicted octanol–water partition coefficient (Wildman–Crippen LogP) is -0.952. The Balaban J connectivity index is 1.99. The van der Waals surface area contributed by atoms with Gasteiger partial charge in [0.05, 0.1) is 30.4 Å². The first-order valence-corrected chi connectivity index (χ1v) is 7.49. The van der Waals surface area contributed by atoms with Crippen molar-refractivity contribution in [2.24, 2.45) is 0 Å². The number of rotatable bonds is 6. The highest BCUT2D eigenvalue weighted by molar-refractivity contribution is 5.94. The molecule has 10 nitrogen and oxygen atoms in total. The Bertz CT molecular complexity index is 655. The molecule has 0 radical (unpaired) electrons. The Morgan fingerprint density at radius 3 is 2.83 bits per heavy atom. The maximum absolute atomic E-state index is 12.3. The van der Waals surface area contributed by atoms with Crippen LogP contribution in [-0.2, 0) is 4.74 Å². The number of hydrogen-bond donors (Lipinski definition) is 2. The van der Waals surface area contributed by atoms with Gasteiger partial charge in [-0.25, -0.2) is 0 Å². The summed E-state index contributed by atoms with van der Waals surface area (Å²) in [4.78, 5) is 39.5. The lowest BCUT2D eigenvalue weighted by atomic mass is 10.2. The zero-order valence-corrected chi connectivity index (χ0v) is 13.3. The Hall–Kier alpha value is -2.30. The van der Waals surface area contributed by atoms with Gasteiger partial charge in [0.2, 0.25) is 0 Å². The molecular weight excluding hydrogens is 320 g/mol. The van der Waals surface area contributed by atoms with E-state index in [-0.39, 0.29) is 17.8 Å². The summed E-state index contributed by atoms with van der Waals surface area (Å²) in [6, 6.07) is 0.937. The first kappa shape index (κ1) is 18.0. The van der Waals surface area contributed by atoms with Gasteiger partial charge < -0.3 is 19.7 Å². The lowest BCUT2D eigenvalue weighted by Crippen LogP contribution is -2.45. The van der Waals surface area contributed by atoms with Crippen LogP contribution in [0.4, 0.5) is 5.69 Å². The number of likely N-dealkylation sites (N-methyl/N-ethyl adjacent to an activating group) is 1. The third kappa shape index (κ3) is 4.60. The molecule has 1 aromatic heterocycles. The lowest BCUT2D eigenvalue weighted by molar-refractivity contribution is -0.385. The molecule has 132 valence electrons. The highest BCUT2D eigenvalue weighted by atomic mass is 16.6. The minimum absolute atomic E-state index is 0.0122. The van der Waals surface area contributed by atoms with E-state index in [0.717, 1.165) is 12.3 Å². The van der Waals surface area contributed by atoms with Crippen molar-refractivity contribution in [2.45, 2.75) is 6.10 Å². The van der Waals surface area contributed by atoms with Crippen LogP contribution in [0.2, 0.25) is 0 Å². The minimum atomic E-state index is -0.796. The number of aliphatic hydroxyl groups excluding tert-OH is 1. The van der Waals surface area contributed by atoms with Gasteiger partial charge in [-0.1, -0.05) is 0 Å². The minimum Gasteiger partial charge on any atom is -0.390 e. The van der Waals surface area contributed by atoms with Crippen molar-refractivity contribution < 1.29 is 19.6 Å². The van der Waals surface area contributed by atoms with Gasteiger partial charge in [0.25, 0.3) is 17.2 Å². The molecule has 1 aliphatic heterocycles. The van der Waals surface area contributed by atoms with E-state index < -0.39 is 22.5 Å². The van der Waals surface area contributed by atoms with Crippen LogP contribution in [0.5, 0.6) is 0 Å². The van der Waals surface area contributed by atoms with Crippen molar-refractivity contribution in [1.82, 2.24) is 14.8 Å². The highest BCUT2D eigenvalue weighted by Gasteiger charge is 2.22. The number of pyridine rings is 1. The Morgan fingerprint density at radius 1 is 1.54 bits per heavy atom. The van der Waals surface area contributed by atoms with Gasteiger partial charge >= 0.3 is 0 Å². The lowest BCUT2D eigenvalue weighted by Gasteiger charge is -2.30. The maximum Gasteiger partial charge on any atom is 0.286 e. The molecule has 1 saturated heterocycles. The molecule has 0 aliphatic carbocycles. The van der Waals surface area contributed by atoms with Gasteiger partial charge in [0.1, 0.15) is 5.56 Å². The Kier molecular flexibility index (Phi) is 6.01. The topological polar surface area (TPSA) is 129 Å². The predicted molar refractivity (Wildman–Crippen MR) is 83.9 cm³/mol. The summed E-state index contributed by atoms with van der Waals surface area (Å²) in [6.07, 6.45) is 0.140. The van der Waals surface area contributed by atoms with Gasteiger partial charge in [0.15, 0.2) is 0 Å². The number of carbonyl (C=O) groups is 1. The van der Waals surface area contributed by atoms with Crippen LogP contribution in [-0.4, -0.2) is 83.3 Å². The normalized spacial score (nSPS) is 16.6. The number of morpholine rings is 1. The van der Waals surface area contributed by atoms with Gasteiger partial charge in [-0.2, -0.15) is 0 Å². The second-order valence-electron chi connectivity index (χ2n) is 5.61. The molecule has 0 saturated carbocycles. The molecule has 1 fully saturated rings. The average molecular weight is 340 g/mol. The van der Waals surface area contributed by atoms with Crippen molar-refractivity contribution >= 4 is 11.6 Å². The molecule has 1 amide bonds. The number of aromatic amines is 1. The number of aromatic nitrogens is 1. The first-order chi connectivity index (χ1) is 11.4. The third-order valence-electron chi connectivity index (χ3n) is 3.73. The number of nitrogens with one attached hydrogen (secondary N) is 1. The summed E-state index contributed by atoms with van der Waals surface area (Å²) in [5.41, 5.74) is -1.41. The monoisotopic (exact) mass is 340 g/mol. The average Bonchev–Trinajstić information content (AvgIpc) is 2.55. The van der Waals surface area contributed by atoms with Crippen LogP contribution >= 0.6 is 0 Å². The number of H-pyrrole nitrogens is 1. The van der Waals surface area contributed by atoms with E-state index in [9.17, 15) is 24.8 Å². The summed E-state index contributed by atoms with van der Waals surface area (Å²) < 4.78 is 5.22. The molecule has 2 heterocycles. The van der Waals surface area contributed by atoms with Crippen LogP contribution in [0.15, 0.2) is 17.1 Å². The van der Waals surface area contributed by atoms with Crippen molar-refractivity contribution in [3.63, 3.8) is 0 Å². The molecule has 1 unspecified atom stereocenters. The standard InChI is InChI=1S/C14H20N4O6/c1-16(8-11(19)9-17-2-4-24-5-3-17)14(21)12-6-10(18(22)23)7-15-13(12)20/h6-7,11,19H,2-5,8-9H2,1H3,(H,15,20). The summed E-state index contributed by atoms with van der Waals surface area (Å²) in [5, 5.41) is 20.9. The summed E-state index contributed by atoms with van der Waals surface area (Å²) in [5.74, 6) is -0.680. The number of hydrogen-bond acceptors (Lipinski definition) is 7. The second kappa shape index (κ2) is 7.99. The Morgan fingerprint density at radius 2 is 2.21 bits per heavy atom. The molecule has 1 aromatic rings. The first-order valence-electron chi connectivity index (χ1n) is 7.49. The van der Waals surface area contributed by atoms with E-state index >= 15 is 0 Å². The molecule has 0 bridgehead atoms. The van der Waals surface area contributed by atoms with Gasteiger partial charge in [-0.3, -0.25) is 24.6 Å². The molecule has 1 atom stereocenters. The molecule has 2 N–H and O–H groups in total. The zero-order valence-electron chi connectivity index (χ0n) is 13.3. The highest BCUT2D eigenvalue weighted by Crippen LogP contribution is 2.10. The van der Waals surface area contributed by atoms with E-state index in [4.69, 9.17) is 4.74 Å². The summed E-state index contributed by atoms with van der Waals surface area (Å²) in [7, 11) is 1.43. The quantitative estimate of drug-likeness (QED) is 0.504. The van der Waals surface area contributed by atoms with E-state index in [1.165, 1.54) is 11.9 Å². The molecule has 10 heteroatoms. The van der Waals surface area contributed by atoms with Crippen molar-refractivity contribution in [3.8, 4) is 0 Å². The van der Waals surface area contributed by atoms with E-state index in [1.807, 2.05) is 4.90 Å². The van der Waals surface area contributed by atoms with Gasteiger partial charge in [-0.05, 0) is 0 Å². The number of carbonyl (C=O) groups excluding carboxylic acids is 1. The zero-order chi connectivity index (χ0) is 17.7. The van der Waals surface area contributed by atoms with E-state index in [1.54, 1.807) is 0 Å². The molecule has 24 heavy (non-hydrogen) atoms. The maximum atomic E-state index is 12.3. The number of ether oxygens (including phenoxy) is 1. The number of nitro groups is 1. The number of β-amino-alcohol motifs (C(OH)–C–C–N with tert-alkyl or cyclic N) is 1.